The van der Waals surface area contributed by atoms with Crippen molar-refractivity contribution < 1.29 is 4.79 Å². The number of carbonyl (C=O) groups excluding carboxylic acids is 1. The van der Waals surface area contributed by atoms with Crippen LogP contribution >= 0.6 is 0 Å². The lowest BCUT2D eigenvalue weighted by Crippen LogP contribution is -2.27. The standard InChI is InChI=1S/C17H20N2O/c20-17(16-8-11-1-2-13(16)7-11)19-15-4-3-12-5-6-18-10-14(12)9-15/h1-4,9,11,13,16,18H,5-8,10H2,(H,19,20). The van der Waals surface area contributed by atoms with Gasteiger partial charge in [-0.05, 0) is 60.9 Å². The van der Waals surface area contributed by atoms with Gasteiger partial charge in [-0.1, -0.05) is 18.2 Å². The van der Waals surface area contributed by atoms with Gasteiger partial charge in [0.15, 0.2) is 0 Å². The third-order valence-corrected chi connectivity index (χ3v) is 4.98. The van der Waals surface area contributed by atoms with E-state index in [-0.39, 0.29) is 11.8 Å². The predicted molar refractivity (Wildman–Crippen MR) is 79.3 cm³/mol. The highest BCUT2D eigenvalue weighted by molar-refractivity contribution is 5.93. The Morgan fingerprint density at radius 2 is 2.15 bits per heavy atom. The lowest BCUT2D eigenvalue weighted by atomic mass is 9.92. The number of anilines is 1. The molecule has 1 aromatic carbocycles. The van der Waals surface area contributed by atoms with Gasteiger partial charge in [0.2, 0.25) is 5.91 Å². The van der Waals surface area contributed by atoms with Crippen molar-refractivity contribution in [2.75, 3.05) is 11.9 Å². The topological polar surface area (TPSA) is 41.1 Å². The van der Waals surface area contributed by atoms with Gasteiger partial charge in [-0.3, -0.25) is 4.79 Å². The van der Waals surface area contributed by atoms with Crippen molar-refractivity contribution in [2.45, 2.75) is 25.8 Å². The highest BCUT2D eigenvalue weighted by atomic mass is 16.1. The summed E-state index contributed by atoms with van der Waals surface area (Å²) >= 11 is 0. The van der Waals surface area contributed by atoms with E-state index in [0.717, 1.165) is 31.6 Å². The van der Waals surface area contributed by atoms with Crippen LogP contribution in [0.2, 0.25) is 0 Å². The summed E-state index contributed by atoms with van der Waals surface area (Å²) in [6, 6.07) is 6.33. The minimum absolute atomic E-state index is 0.180. The molecule has 1 fully saturated rings. The minimum Gasteiger partial charge on any atom is -0.326 e. The van der Waals surface area contributed by atoms with Gasteiger partial charge < -0.3 is 10.6 Å². The first kappa shape index (κ1) is 12.2. The first-order chi connectivity index (χ1) is 9.79. The molecule has 1 heterocycles. The van der Waals surface area contributed by atoms with Gasteiger partial charge in [-0.15, -0.1) is 0 Å². The summed E-state index contributed by atoms with van der Waals surface area (Å²) in [5, 5.41) is 6.49. The third kappa shape index (κ3) is 2.06. The van der Waals surface area contributed by atoms with Crippen LogP contribution in [0, 0.1) is 17.8 Å². The molecule has 4 rings (SSSR count). The molecule has 2 bridgehead atoms. The molecule has 20 heavy (non-hydrogen) atoms. The molecule has 2 N–H and O–H groups in total. The van der Waals surface area contributed by atoms with E-state index in [1.807, 2.05) is 6.07 Å². The molecule has 1 aromatic rings. The fraction of sp³-hybridized carbons (Fsp3) is 0.471. The molecule has 3 nitrogen and oxygen atoms in total. The first-order valence-corrected chi connectivity index (χ1v) is 7.61. The summed E-state index contributed by atoms with van der Waals surface area (Å²) in [4.78, 5) is 12.4. The molecule has 3 aliphatic rings. The van der Waals surface area contributed by atoms with Gasteiger partial charge in [-0.25, -0.2) is 0 Å². The maximum Gasteiger partial charge on any atom is 0.228 e. The zero-order valence-electron chi connectivity index (χ0n) is 11.6. The van der Waals surface area contributed by atoms with Crippen LogP contribution in [-0.2, 0) is 17.8 Å². The van der Waals surface area contributed by atoms with Crippen molar-refractivity contribution in [3.05, 3.63) is 41.5 Å². The zero-order chi connectivity index (χ0) is 13.5. The molecule has 3 heteroatoms. The number of benzene rings is 1. The van der Waals surface area contributed by atoms with Crippen molar-refractivity contribution in [3.8, 4) is 0 Å². The highest BCUT2D eigenvalue weighted by Gasteiger charge is 2.39. The van der Waals surface area contributed by atoms with Gasteiger partial charge in [0, 0.05) is 18.2 Å². The van der Waals surface area contributed by atoms with Crippen LogP contribution in [0.5, 0.6) is 0 Å². The lowest BCUT2D eigenvalue weighted by Gasteiger charge is -2.20. The van der Waals surface area contributed by atoms with Crippen molar-refractivity contribution in [1.29, 1.82) is 0 Å². The number of fused-ring (bicyclic) bond motifs is 3. The van der Waals surface area contributed by atoms with Crippen LogP contribution in [0.25, 0.3) is 0 Å². The van der Waals surface area contributed by atoms with Crippen molar-refractivity contribution in [3.63, 3.8) is 0 Å². The fourth-order valence-corrected chi connectivity index (χ4v) is 3.88. The van der Waals surface area contributed by atoms with E-state index >= 15 is 0 Å². The van der Waals surface area contributed by atoms with Crippen molar-refractivity contribution in [2.24, 2.45) is 17.8 Å². The Morgan fingerprint density at radius 1 is 1.20 bits per heavy atom. The lowest BCUT2D eigenvalue weighted by molar-refractivity contribution is -0.120. The van der Waals surface area contributed by atoms with Crippen LogP contribution < -0.4 is 10.6 Å². The van der Waals surface area contributed by atoms with Crippen molar-refractivity contribution >= 4 is 11.6 Å². The molecule has 0 saturated heterocycles. The second-order valence-electron chi connectivity index (χ2n) is 6.29. The van der Waals surface area contributed by atoms with Gasteiger partial charge >= 0.3 is 0 Å². The summed E-state index contributed by atoms with van der Waals surface area (Å²) in [6.07, 6.45) is 7.79. The Balaban J connectivity index is 1.49. The third-order valence-electron chi connectivity index (χ3n) is 4.98. The van der Waals surface area contributed by atoms with Gasteiger partial charge in [0.1, 0.15) is 0 Å². The van der Waals surface area contributed by atoms with E-state index < -0.39 is 0 Å². The van der Waals surface area contributed by atoms with E-state index in [1.54, 1.807) is 0 Å². The number of hydrogen-bond donors (Lipinski definition) is 2. The summed E-state index contributed by atoms with van der Waals surface area (Å²) < 4.78 is 0. The minimum atomic E-state index is 0.180. The maximum absolute atomic E-state index is 12.4. The normalized spacial score (nSPS) is 30.3. The molecule has 1 aliphatic heterocycles. The van der Waals surface area contributed by atoms with E-state index in [2.05, 4.69) is 34.9 Å². The molecule has 3 atom stereocenters. The molecule has 1 amide bonds. The first-order valence-electron chi connectivity index (χ1n) is 7.61. The fourth-order valence-electron chi connectivity index (χ4n) is 3.88. The SMILES string of the molecule is O=C(Nc1ccc2c(c1)CNCC2)C1CC2C=CC1C2. The van der Waals surface area contributed by atoms with Crippen LogP contribution in [0.4, 0.5) is 5.69 Å². The molecule has 0 spiro atoms. The Kier molecular flexibility index (Phi) is 2.88. The number of rotatable bonds is 2. The largest absolute Gasteiger partial charge is 0.326 e. The smallest absolute Gasteiger partial charge is 0.228 e. The van der Waals surface area contributed by atoms with Crippen LogP contribution in [0.1, 0.15) is 24.0 Å². The van der Waals surface area contributed by atoms with Crippen LogP contribution in [0.3, 0.4) is 0 Å². The second kappa shape index (κ2) is 4.74. The average Bonchev–Trinajstić information content (AvgIpc) is 3.10. The van der Waals surface area contributed by atoms with Gasteiger partial charge in [-0.2, -0.15) is 0 Å². The monoisotopic (exact) mass is 268 g/mol. The maximum atomic E-state index is 12.4. The second-order valence-corrected chi connectivity index (χ2v) is 6.29. The molecule has 104 valence electrons. The number of amides is 1. The summed E-state index contributed by atoms with van der Waals surface area (Å²) in [6.45, 7) is 1.96. The number of carbonyl (C=O) groups is 1. The van der Waals surface area contributed by atoms with Crippen molar-refractivity contribution in [1.82, 2.24) is 5.32 Å². The predicted octanol–water partition coefficient (Wildman–Crippen LogP) is 2.48. The van der Waals surface area contributed by atoms with E-state index in [0.29, 0.717) is 11.8 Å². The summed E-state index contributed by atoms with van der Waals surface area (Å²) in [5.74, 6) is 1.49. The Morgan fingerprint density at radius 3 is 2.95 bits per heavy atom. The van der Waals surface area contributed by atoms with Gasteiger partial charge in [0.05, 0.1) is 0 Å². The average molecular weight is 268 g/mol. The summed E-state index contributed by atoms with van der Waals surface area (Å²) in [5.41, 5.74) is 3.68. The quantitative estimate of drug-likeness (QED) is 0.809. The Bertz CT molecular complexity index is 578. The highest BCUT2D eigenvalue weighted by Crippen LogP contribution is 2.43. The molecule has 1 saturated carbocycles. The van der Waals surface area contributed by atoms with E-state index in [1.165, 1.54) is 17.5 Å². The Labute approximate surface area is 119 Å². The van der Waals surface area contributed by atoms with Crippen LogP contribution in [-0.4, -0.2) is 12.5 Å². The molecule has 3 unspecified atom stereocenters. The molecule has 0 aromatic heterocycles. The number of allylic oxidation sites excluding steroid dienone is 2. The molecule has 2 aliphatic carbocycles. The number of nitrogens with one attached hydrogen (secondary N) is 2. The Hall–Kier alpha value is -1.61. The molecular weight excluding hydrogens is 248 g/mol. The molecule has 0 radical (unpaired) electrons. The molecular formula is C17H20N2O. The summed E-state index contributed by atoms with van der Waals surface area (Å²) in [7, 11) is 0. The van der Waals surface area contributed by atoms with E-state index in [4.69, 9.17) is 0 Å². The zero-order valence-corrected chi connectivity index (χ0v) is 11.6. The number of hydrogen-bond acceptors (Lipinski definition) is 2. The van der Waals surface area contributed by atoms with E-state index in [9.17, 15) is 4.79 Å². The van der Waals surface area contributed by atoms with Gasteiger partial charge in [0.25, 0.3) is 0 Å². The van der Waals surface area contributed by atoms with Crippen LogP contribution in [0.15, 0.2) is 30.4 Å².